The zero-order chi connectivity index (χ0) is 77.1. The number of rotatable bonds is 11. The highest BCUT2D eigenvalue weighted by molar-refractivity contribution is 14.1. The number of amides is 6. The van der Waals surface area contributed by atoms with Gasteiger partial charge >= 0.3 is 12.2 Å². The quantitative estimate of drug-likeness (QED) is 0.0692. The molecule has 8 saturated heterocycles. The molecule has 3 aromatic carbocycles. The first-order valence-electron chi connectivity index (χ1n) is 37.3. The van der Waals surface area contributed by atoms with Crippen molar-refractivity contribution in [2.24, 2.45) is 23.7 Å². The number of benzene rings is 3. The first kappa shape index (κ1) is 84.5. The Bertz CT molecular complexity index is 3650. The van der Waals surface area contributed by atoms with Crippen LogP contribution in [0.5, 0.6) is 0 Å². The molecule has 8 aliphatic heterocycles. The minimum Gasteiger partial charge on any atom is -0.444 e. The van der Waals surface area contributed by atoms with Gasteiger partial charge in [-0.05, 0) is 203 Å². The van der Waals surface area contributed by atoms with Gasteiger partial charge in [-0.2, -0.15) is 4.39 Å². The fraction of sp³-hybridized carbons (Fsp3) is 0.632. The van der Waals surface area contributed by atoms with Gasteiger partial charge in [-0.1, -0.05) is 120 Å². The second-order valence-corrected chi connectivity index (χ2v) is 35.6. The van der Waals surface area contributed by atoms with Crippen LogP contribution in [0.15, 0.2) is 60.9 Å². The van der Waals surface area contributed by atoms with Crippen molar-refractivity contribution in [1.29, 1.82) is 0 Å². The zero-order valence-electron chi connectivity index (χ0n) is 62.6. The van der Waals surface area contributed by atoms with Gasteiger partial charge in [0, 0.05) is 125 Å². The Labute approximate surface area is 668 Å². The summed E-state index contributed by atoms with van der Waals surface area (Å²) in [4.78, 5) is 98.0. The highest BCUT2D eigenvalue weighted by Crippen LogP contribution is 2.36. The Hall–Kier alpha value is -5.48. The van der Waals surface area contributed by atoms with Crippen molar-refractivity contribution in [3.8, 4) is 0 Å². The number of hydrogen-bond acceptors (Lipinski definition) is 16. The average molecular weight is 1700 g/mol. The van der Waals surface area contributed by atoms with Gasteiger partial charge in [0.15, 0.2) is 11.6 Å². The second kappa shape index (κ2) is 38.0. The summed E-state index contributed by atoms with van der Waals surface area (Å²) in [7, 11) is 0. The molecule has 1 aromatic heterocycles. The summed E-state index contributed by atoms with van der Waals surface area (Å²) in [5.41, 5.74) is 6.86. The van der Waals surface area contributed by atoms with Gasteiger partial charge in [0.25, 0.3) is 0 Å². The predicted molar refractivity (Wildman–Crippen MR) is 431 cm³/mol. The van der Waals surface area contributed by atoms with Gasteiger partial charge in [-0.3, -0.25) is 19.2 Å². The van der Waals surface area contributed by atoms with Gasteiger partial charge in [-0.15, -0.1) is 0 Å². The van der Waals surface area contributed by atoms with Crippen molar-refractivity contribution in [2.75, 3.05) is 105 Å². The highest BCUT2D eigenvalue weighted by atomic mass is 127. The van der Waals surface area contributed by atoms with E-state index in [0.717, 1.165) is 120 Å². The van der Waals surface area contributed by atoms with Crippen LogP contribution < -0.4 is 31.9 Å². The number of anilines is 5. The van der Waals surface area contributed by atoms with E-state index in [0.29, 0.717) is 106 Å². The van der Waals surface area contributed by atoms with Gasteiger partial charge in [-0.25, -0.2) is 19.6 Å². The van der Waals surface area contributed by atoms with Crippen LogP contribution in [0.3, 0.4) is 0 Å². The lowest BCUT2D eigenvalue weighted by Crippen LogP contribution is -2.60. The van der Waals surface area contributed by atoms with E-state index in [-0.39, 0.29) is 93.5 Å². The molecule has 12 rings (SSSR count). The van der Waals surface area contributed by atoms with Crippen LogP contribution >= 0.6 is 92.2 Å². The molecule has 9 heterocycles. The number of ether oxygens (including phenoxy) is 2. The molecule has 0 saturated carbocycles. The molecule has 6 N–H and O–H groups in total. The van der Waals surface area contributed by atoms with E-state index in [4.69, 9.17) is 84.8 Å². The topological polar surface area (TPSA) is 243 Å². The maximum absolute atomic E-state index is 14.5. The van der Waals surface area contributed by atoms with Crippen LogP contribution in [0.25, 0.3) is 0 Å². The van der Waals surface area contributed by atoms with Crippen molar-refractivity contribution < 1.29 is 42.6 Å². The maximum atomic E-state index is 14.5. The molecule has 12 atom stereocenters. The number of carbonyl (C=O) groups excluding carboxylic acids is 6. The number of halogens is 8. The van der Waals surface area contributed by atoms with E-state index in [1.807, 2.05) is 73.3 Å². The van der Waals surface area contributed by atoms with E-state index in [2.05, 4.69) is 86.4 Å². The van der Waals surface area contributed by atoms with Crippen LogP contribution in [-0.4, -0.2) is 211 Å². The van der Waals surface area contributed by atoms with Crippen LogP contribution in [0, 0.1) is 29.5 Å². The van der Waals surface area contributed by atoms with Crippen molar-refractivity contribution in [1.82, 2.24) is 44.7 Å². The first-order chi connectivity index (χ1) is 50.1. The summed E-state index contributed by atoms with van der Waals surface area (Å²) < 4.78 is 25.6. The minimum atomic E-state index is -0.613. The molecule has 30 heteroatoms. The Morgan fingerprint density at radius 2 is 0.840 bits per heavy atom. The third kappa shape index (κ3) is 23.3. The van der Waals surface area contributed by atoms with E-state index in [1.165, 1.54) is 6.33 Å². The monoisotopic (exact) mass is 1700 g/mol. The van der Waals surface area contributed by atoms with Crippen molar-refractivity contribution in [2.45, 2.75) is 204 Å². The molecule has 106 heavy (non-hydrogen) atoms. The smallest absolute Gasteiger partial charge is 0.410 e. The molecule has 8 fully saturated rings. The lowest BCUT2D eigenvalue weighted by molar-refractivity contribution is -0.140. The molecule has 0 spiro atoms. The normalized spacial score (nSPS) is 26.8. The average Bonchev–Trinajstić information content (AvgIpc) is 0.804. The van der Waals surface area contributed by atoms with Crippen LogP contribution in [0.2, 0.25) is 30.1 Å². The molecule has 0 radical (unpaired) electrons. The highest BCUT2D eigenvalue weighted by Gasteiger charge is 2.44. The Balaban J connectivity index is 0.000000165. The lowest BCUT2D eigenvalue weighted by atomic mass is 9.89. The number of aromatic nitrogens is 2. The molecule has 8 aliphatic rings. The summed E-state index contributed by atoms with van der Waals surface area (Å²) in [5.74, 6) is 1.47. The number of nitrogens with two attached hydrogens (primary N) is 1. The molecular weight excluding hydrogens is 1600 g/mol. The van der Waals surface area contributed by atoms with E-state index in [9.17, 15) is 33.2 Å². The molecule has 22 nitrogen and oxygen atoms in total. The third-order valence-corrected chi connectivity index (χ3v) is 23.4. The van der Waals surface area contributed by atoms with Crippen LogP contribution in [0.1, 0.15) is 146 Å². The predicted octanol–water partition coefficient (Wildman–Crippen LogP) is 15.3. The molecular formula is C76H106Cl6FIN14O8. The number of nitrogens with one attached hydrogen (secondary N) is 4. The molecule has 6 amide bonds. The van der Waals surface area contributed by atoms with Crippen LogP contribution in [0.4, 0.5) is 42.7 Å². The fourth-order valence-corrected chi connectivity index (χ4v) is 17.7. The summed E-state index contributed by atoms with van der Waals surface area (Å²) in [6.45, 7) is 28.5. The Morgan fingerprint density at radius 3 is 1.23 bits per heavy atom. The minimum absolute atomic E-state index is 0.0219. The summed E-state index contributed by atoms with van der Waals surface area (Å²) in [5, 5.41) is 16.5. The molecule has 0 aliphatic carbocycles. The number of hydrogen-bond donors (Lipinski definition) is 5. The number of nitrogens with zero attached hydrogens (tertiary/aromatic N) is 9. The fourth-order valence-electron chi connectivity index (χ4n) is 15.3. The summed E-state index contributed by atoms with van der Waals surface area (Å²) in [6.07, 6.45) is 11.5. The van der Waals surface area contributed by atoms with Gasteiger partial charge in [0.05, 0.1) is 22.1 Å². The van der Waals surface area contributed by atoms with E-state index in [1.54, 1.807) is 52.3 Å². The zero-order valence-corrected chi connectivity index (χ0v) is 69.3. The standard InChI is InChI=1S/C22H31Cl2N3O3.C21H25Cl2FN6O.C17H23Cl2N3O.C16H27IN2O3/c1-14-7-9-26(21(29)30-22(2,3)4)13-19(14)27-8-5-6-18(20(27)28)25-17-11-15(23)10-16(24)12-17;1-12-4-6-29(20-18(24)19(25)26-11-27-20)10-17(12)30-5-2-3-16(21(30)31)28-15-8-13(22)7-14(23)9-15;1-11-4-5-20-10-16(11)22-6-2-3-15(17(22)23)21-14-8-12(18)7-13(19)9-14;1-11-7-9-18(15(21)22-16(2,3)4)10-13(11)19-8-5-6-12(17)14(19)20/h10-12,14,18-19,25H,5-9,13H2,1-4H3;7-9,11-12,16-17,28H,2-6,10H2,1H3,(H2,25,26,27);7-9,11,15-16,20-21H,2-6,10H2,1H3;11-13H,5-10H2,1-4H3/t14-,18?,19-;12-,16?,17-;11-,15?,16-;11-,12?,13-/m0000/s1. The second-order valence-electron chi connectivity index (χ2n) is 31.5. The number of piperidine rings is 8. The number of alkyl halides is 1. The number of likely N-dealkylation sites (tertiary alicyclic amines) is 6. The van der Waals surface area contributed by atoms with Crippen LogP contribution in [-0.2, 0) is 28.7 Å². The maximum Gasteiger partial charge on any atom is 0.410 e. The van der Waals surface area contributed by atoms with Crippen molar-refractivity contribution in [3.63, 3.8) is 0 Å². The van der Waals surface area contributed by atoms with Crippen molar-refractivity contribution >= 4 is 157 Å². The van der Waals surface area contributed by atoms with Crippen molar-refractivity contribution in [3.05, 3.63) is 96.9 Å². The van der Waals surface area contributed by atoms with Gasteiger partial charge in [0.1, 0.15) is 35.7 Å². The van der Waals surface area contributed by atoms with Gasteiger partial charge < -0.3 is 70.8 Å². The third-order valence-electron chi connectivity index (χ3n) is 21.0. The first-order valence-corrected chi connectivity index (χ1v) is 40.8. The lowest BCUT2D eigenvalue weighted by Gasteiger charge is -2.46. The number of nitrogen functional groups attached to an aromatic ring is 1. The molecule has 0 bridgehead atoms. The largest absolute Gasteiger partial charge is 0.444 e. The summed E-state index contributed by atoms with van der Waals surface area (Å²) in [6, 6.07) is 15.1. The summed E-state index contributed by atoms with van der Waals surface area (Å²) >= 11 is 38.7. The Morgan fingerprint density at radius 1 is 0.491 bits per heavy atom. The molecule has 584 valence electrons. The van der Waals surface area contributed by atoms with E-state index >= 15 is 0 Å². The Kier molecular flexibility index (Phi) is 30.3. The molecule has 4 unspecified atom stereocenters. The SMILES string of the molecule is C[C@H]1CCN(C(=O)OC(C)(C)C)C[C@@H]1N1CCCC(I)C1=O.C[C@H]1CCN(C(=O)OC(C)(C)C)C[C@@H]1N1CCCC(Nc2cc(Cl)cc(Cl)c2)C1=O.C[C@H]1CCN(c2ncnc(N)c2F)C[C@@H]1N1CCCC(Nc2cc(Cl)cc(Cl)c2)C1=O.C[C@H]1CCNC[C@@H]1N1CCCC(Nc2cc(Cl)cc(Cl)c2)C1=O. The van der Waals surface area contributed by atoms with Gasteiger partial charge in [0.2, 0.25) is 29.4 Å². The molecule has 4 aromatic rings. The number of carbonyl (C=O) groups is 6. The van der Waals surface area contributed by atoms with E-state index < -0.39 is 17.0 Å².